The van der Waals surface area contributed by atoms with Gasteiger partial charge in [0.25, 0.3) is 5.91 Å². The number of hydrogen-bond donors (Lipinski definition) is 1. The SMILES string of the molecule is Cc1cn(-c2cc(C)c(CCC(=O)N=N)nc2C)cn1. The van der Waals surface area contributed by atoms with Crippen LogP contribution in [0.1, 0.15) is 29.1 Å². The fraction of sp³-hybridized carbons (Fsp3) is 0.357. The maximum absolute atomic E-state index is 11.1. The molecular formula is C14H17N5O. The third-order valence-corrected chi connectivity index (χ3v) is 3.17. The van der Waals surface area contributed by atoms with Gasteiger partial charge in [-0.1, -0.05) is 0 Å². The molecule has 6 heteroatoms. The molecule has 0 atom stereocenters. The molecule has 0 saturated carbocycles. The molecule has 2 aromatic heterocycles. The van der Waals surface area contributed by atoms with Crippen LogP contribution in [-0.2, 0) is 11.2 Å². The van der Waals surface area contributed by atoms with E-state index in [2.05, 4.69) is 15.1 Å². The number of aryl methyl sites for hydroxylation is 4. The minimum atomic E-state index is -0.418. The number of nitrogens with one attached hydrogen (secondary N) is 1. The predicted octanol–water partition coefficient (Wildman–Crippen LogP) is 2.68. The molecular weight excluding hydrogens is 254 g/mol. The molecule has 0 bridgehead atoms. The minimum Gasteiger partial charge on any atom is -0.304 e. The normalized spacial score (nSPS) is 10.6. The Labute approximate surface area is 117 Å². The van der Waals surface area contributed by atoms with Crippen LogP contribution in [0.2, 0.25) is 0 Å². The van der Waals surface area contributed by atoms with Crippen molar-refractivity contribution in [3.8, 4) is 5.69 Å². The van der Waals surface area contributed by atoms with E-state index in [0.29, 0.717) is 6.42 Å². The van der Waals surface area contributed by atoms with Crippen molar-refractivity contribution in [2.75, 3.05) is 0 Å². The Kier molecular flexibility index (Phi) is 4.02. The van der Waals surface area contributed by atoms with Gasteiger partial charge in [-0.2, -0.15) is 0 Å². The summed E-state index contributed by atoms with van der Waals surface area (Å²) in [5.41, 5.74) is 11.4. The van der Waals surface area contributed by atoms with Gasteiger partial charge in [0, 0.05) is 18.3 Å². The van der Waals surface area contributed by atoms with Gasteiger partial charge in [-0.3, -0.25) is 9.78 Å². The van der Waals surface area contributed by atoms with Crippen LogP contribution in [0.25, 0.3) is 5.69 Å². The molecule has 0 saturated heterocycles. The van der Waals surface area contributed by atoms with Crippen molar-refractivity contribution in [2.24, 2.45) is 5.11 Å². The largest absolute Gasteiger partial charge is 0.304 e. The number of carbonyl (C=O) groups is 1. The Morgan fingerprint density at radius 3 is 2.75 bits per heavy atom. The van der Waals surface area contributed by atoms with Crippen LogP contribution >= 0.6 is 0 Å². The average Bonchev–Trinajstić information content (AvgIpc) is 2.85. The van der Waals surface area contributed by atoms with E-state index in [-0.39, 0.29) is 6.42 Å². The van der Waals surface area contributed by atoms with Crippen molar-refractivity contribution in [1.29, 1.82) is 5.53 Å². The van der Waals surface area contributed by atoms with Crippen molar-refractivity contribution in [2.45, 2.75) is 33.6 Å². The first-order valence-corrected chi connectivity index (χ1v) is 6.39. The molecule has 6 nitrogen and oxygen atoms in total. The van der Waals surface area contributed by atoms with Gasteiger partial charge in [0.1, 0.15) is 0 Å². The van der Waals surface area contributed by atoms with Crippen molar-refractivity contribution in [3.63, 3.8) is 0 Å². The second kappa shape index (κ2) is 5.73. The number of rotatable bonds is 4. The lowest BCUT2D eigenvalue weighted by molar-refractivity contribution is -0.118. The number of carbonyl (C=O) groups excluding carboxylic acids is 1. The van der Waals surface area contributed by atoms with E-state index in [1.165, 1.54) is 0 Å². The van der Waals surface area contributed by atoms with Crippen LogP contribution in [0.4, 0.5) is 0 Å². The quantitative estimate of drug-likeness (QED) is 0.867. The van der Waals surface area contributed by atoms with E-state index >= 15 is 0 Å². The molecule has 0 aliphatic heterocycles. The lowest BCUT2D eigenvalue weighted by atomic mass is 10.1. The predicted molar refractivity (Wildman–Crippen MR) is 74.0 cm³/mol. The van der Waals surface area contributed by atoms with Crippen molar-refractivity contribution >= 4 is 5.91 Å². The van der Waals surface area contributed by atoms with Gasteiger partial charge in [-0.05, 0) is 38.8 Å². The van der Waals surface area contributed by atoms with Crippen LogP contribution in [0.5, 0.6) is 0 Å². The van der Waals surface area contributed by atoms with Crippen LogP contribution in [0, 0.1) is 26.3 Å². The minimum absolute atomic E-state index is 0.223. The first kappa shape index (κ1) is 14.0. The highest BCUT2D eigenvalue weighted by atomic mass is 16.1. The molecule has 0 radical (unpaired) electrons. The maximum atomic E-state index is 11.1. The fourth-order valence-electron chi connectivity index (χ4n) is 2.09. The van der Waals surface area contributed by atoms with E-state index in [1.54, 1.807) is 6.33 Å². The molecule has 0 aliphatic carbocycles. The highest BCUT2D eigenvalue weighted by Gasteiger charge is 2.10. The maximum Gasteiger partial charge on any atom is 0.264 e. The summed E-state index contributed by atoms with van der Waals surface area (Å²) in [4.78, 5) is 19.9. The first-order chi connectivity index (χ1) is 9.51. The number of amides is 1. The highest BCUT2D eigenvalue weighted by molar-refractivity contribution is 5.76. The molecule has 0 fully saturated rings. The number of aromatic nitrogens is 3. The second-order valence-electron chi connectivity index (χ2n) is 4.78. The lowest BCUT2D eigenvalue weighted by Gasteiger charge is -2.11. The third kappa shape index (κ3) is 2.96. The van der Waals surface area contributed by atoms with Crippen molar-refractivity contribution < 1.29 is 4.79 Å². The number of hydrogen-bond acceptors (Lipinski definition) is 4. The van der Waals surface area contributed by atoms with Crippen LogP contribution in [0.3, 0.4) is 0 Å². The summed E-state index contributed by atoms with van der Waals surface area (Å²) in [5.74, 6) is -0.418. The van der Waals surface area contributed by atoms with E-state index < -0.39 is 5.91 Å². The lowest BCUT2D eigenvalue weighted by Crippen LogP contribution is -2.05. The molecule has 20 heavy (non-hydrogen) atoms. The molecule has 0 spiro atoms. The van der Waals surface area contributed by atoms with Gasteiger partial charge in [0.15, 0.2) is 0 Å². The van der Waals surface area contributed by atoms with Gasteiger partial charge >= 0.3 is 0 Å². The Morgan fingerprint density at radius 1 is 1.40 bits per heavy atom. The monoisotopic (exact) mass is 271 g/mol. The van der Waals surface area contributed by atoms with Gasteiger partial charge in [0.2, 0.25) is 0 Å². The van der Waals surface area contributed by atoms with E-state index in [1.807, 2.05) is 37.6 Å². The Balaban J connectivity index is 2.29. The van der Waals surface area contributed by atoms with Crippen LogP contribution in [0.15, 0.2) is 23.7 Å². The Hall–Kier alpha value is -2.37. The molecule has 0 aliphatic rings. The summed E-state index contributed by atoms with van der Waals surface area (Å²) < 4.78 is 1.94. The summed E-state index contributed by atoms with van der Waals surface area (Å²) in [6, 6.07) is 2.04. The molecule has 2 rings (SSSR count). The standard InChI is InChI=1S/C14H17N5O/c1-9-6-13(19-7-10(2)16-8-19)11(3)17-12(9)4-5-14(20)18-15/h6-8,15H,4-5H2,1-3H3. The Morgan fingerprint density at radius 2 is 2.15 bits per heavy atom. The molecule has 0 aromatic carbocycles. The number of imidazole rings is 1. The highest BCUT2D eigenvalue weighted by Crippen LogP contribution is 2.18. The molecule has 2 aromatic rings. The molecule has 2 heterocycles. The van der Waals surface area contributed by atoms with Crippen molar-refractivity contribution in [3.05, 3.63) is 41.2 Å². The molecule has 1 N–H and O–H groups in total. The average molecular weight is 271 g/mol. The van der Waals surface area contributed by atoms with Gasteiger partial charge in [-0.15, -0.1) is 5.11 Å². The van der Waals surface area contributed by atoms with Gasteiger partial charge in [-0.25, -0.2) is 10.5 Å². The number of nitrogens with zero attached hydrogens (tertiary/aromatic N) is 4. The summed E-state index contributed by atoms with van der Waals surface area (Å²) in [7, 11) is 0. The summed E-state index contributed by atoms with van der Waals surface area (Å²) in [6.45, 7) is 5.85. The van der Waals surface area contributed by atoms with E-state index in [4.69, 9.17) is 5.53 Å². The zero-order valence-corrected chi connectivity index (χ0v) is 11.8. The molecule has 104 valence electrons. The van der Waals surface area contributed by atoms with Gasteiger partial charge < -0.3 is 4.57 Å². The topological polar surface area (TPSA) is 84.0 Å². The molecule has 1 amide bonds. The number of pyridine rings is 1. The zero-order chi connectivity index (χ0) is 14.7. The van der Waals surface area contributed by atoms with E-state index in [9.17, 15) is 4.79 Å². The summed E-state index contributed by atoms with van der Waals surface area (Å²) >= 11 is 0. The van der Waals surface area contributed by atoms with Crippen LogP contribution < -0.4 is 0 Å². The second-order valence-corrected chi connectivity index (χ2v) is 4.78. The van der Waals surface area contributed by atoms with Crippen molar-refractivity contribution in [1.82, 2.24) is 14.5 Å². The smallest absolute Gasteiger partial charge is 0.264 e. The first-order valence-electron chi connectivity index (χ1n) is 6.39. The fourth-order valence-corrected chi connectivity index (χ4v) is 2.09. The molecule has 0 unspecified atom stereocenters. The van der Waals surface area contributed by atoms with Crippen LogP contribution in [-0.4, -0.2) is 20.4 Å². The Bertz CT molecular complexity index is 660. The summed E-state index contributed by atoms with van der Waals surface area (Å²) in [5, 5.41) is 2.89. The van der Waals surface area contributed by atoms with E-state index in [0.717, 1.165) is 28.3 Å². The van der Waals surface area contributed by atoms with Gasteiger partial charge in [0.05, 0.1) is 23.4 Å². The summed E-state index contributed by atoms with van der Waals surface area (Å²) in [6.07, 6.45) is 4.45. The third-order valence-electron chi connectivity index (χ3n) is 3.17. The zero-order valence-electron chi connectivity index (χ0n) is 11.8.